The fraction of sp³-hybridized carbons (Fsp3) is 0.115. The van der Waals surface area contributed by atoms with E-state index in [1.807, 2.05) is 42.9 Å². The van der Waals surface area contributed by atoms with E-state index in [9.17, 15) is 13.2 Å². The molecular weight excluding hydrogens is 443 g/mol. The van der Waals surface area contributed by atoms with Gasteiger partial charge in [0.2, 0.25) is 0 Å². The highest BCUT2D eigenvalue weighted by Gasteiger charge is 2.38. The van der Waals surface area contributed by atoms with Gasteiger partial charge in [-0.3, -0.25) is 0 Å². The second-order valence-corrected chi connectivity index (χ2v) is 7.36. The fourth-order valence-corrected chi connectivity index (χ4v) is 3.17. The molecule has 172 valence electrons. The molecule has 0 amide bonds. The van der Waals surface area contributed by atoms with Crippen LogP contribution in [0.2, 0.25) is 0 Å². The number of aromatic nitrogens is 2. The molecule has 1 aromatic heterocycles. The van der Waals surface area contributed by atoms with Gasteiger partial charge < -0.3 is 9.67 Å². The molecule has 0 aliphatic carbocycles. The standard InChI is InChI=1S/C24H19N3.C2HF3O2/c25-15-20-8-6-19(7-9-20)14-24-16-26-18-27(24)17-21-10-12-23(13-11-21)22-4-2-1-3-5-22;3-2(4,5)1(6)7/h1-13,16,18H,14,17H2;(H,6,7). The molecular formula is C26H20F3N3O2. The smallest absolute Gasteiger partial charge is 0.475 e. The van der Waals surface area contributed by atoms with E-state index >= 15 is 0 Å². The van der Waals surface area contributed by atoms with Gasteiger partial charge >= 0.3 is 12.1 Å². The third kappa shape index (κ3) is 6.81. The van der Waals surface area contributed by atoms with Crippen LogP contribution in [0.1, 0.15) is 22.4 Å². The van der Waals surface area contributed by atoms with Crippen molar-refractivity contribution in [2.75, 3.05) is 0 Å². The Labute approximate surface area is 194 Å². The average Bonchev–Trinajstić information content (AvgIpc) is 3.27. The van der Waals surface area contributed by atoms with Crippen molar-refractivity contribution in [1.82, 2.24) is 9.55 Å². The Morgan fingerprint density at radius 2 is 1.47 bits per heavy atom. The summed E-state index contributed by atoms with van der Waals surface area (Å²) in [4.78, 5) is 13.2. The van der Waals surface area contributed by atoms with Crippen molar-refractivity contribution in [1.29, 1.82) is 5.26 Å². The predicted molar refractivity (Wildman–Crippen MR) is 121 cm³/mol. The van der Waals surface area contributed by atoms with Gasteiger partial charge in [-0.1, -0.05) is 66.7 Å². The van der Waals surface area contributed by atoms with Crippen LogP contribution in [-0.2, 0) is 17.8 Å². The third-order valence-electron chi connectivity index (χ3n) is 4.92. The molecule has 0 bridgehead atoms. The van der Waals surface area contributed by atoms with Crippen molar-refractivity contribution < 1.29 is 23.1 Å². The lowest BCUT2D eigenvalue weighted by Gasteiger charge is -2.10. The summed E-state index contributed by atoms with van der Waals surface area (Å²) in [6, 6.07) is 29.0. The Morgan fingerprint density at radius 1 is 0.912 bits per heavy atom. The van der Waals surface area contributed by atoms with Crippen LogP contribution in [-0.4, -0.2) is 26.8 Å². The lowest BCUT2D eigenvalue weighted by Crippen LogP contribution is -2.21. The number of carboxylic acid groups (broad SMARTS) is 1. The summed E-state index contributed by atoms with van der Waals surface area (Å²) in [6.07, 6.45) is -0.492. The molecule has 0 fully saturated rings. The average molecular weight is 463 g/mol. The molecule has 0 aliphatic rings. The first-order chi connectivity index (χ1) is 16.3. The maximum atomic E-state index is 10.6. The number of alkyl halides is 3. The molecule has 0 atom stereocenters. The van der Waals surface area contributed by atoms with Gasteiger partial charge in [0.1, 0.15) is 0 Å². The Bertz CT molecular complexity index is 1260. The molecule has 34 heavy (non-hydrogen) atoms. The van der Waals surface area contributed by atoms with Crippen molar-refractivity contribution >= 4 is 5.97 Å². The Hall–Kier alpha value is -4.38. The summed E-state index contributed by atoms with van der Waals surface area (Å²) >= 11 is 0. The molecule has 0 spiro atoms. The number of carbonyl (C=O) groups is 1. The molecule has 3 aromatic carbocycles. The minimum atomic E-state index is -5.08. The minimum absolute atomic E-state index is 0.686. The van der Waals surface area contributed by atoms with E-state index in [2.05, 4.69) is 64.2 Å². The van der Waals surface area contributed by atoms with Gasteiger partial charge in [-0.2, -0.15) is 18.4 Å². The third-order valence-corrected chi connectivity index (χ3v) is 4.92. The Kier molecular flexibility index (Phi) is 7.83. The van der Waals surface area contributed by atoms with E-state index in [4.69, 9.17) is 15.2 Å². The minimum Gasteiger partial charge on any atom is -0.475 e. The van der Waals surface area contributed by atoms with Crippen molar-refractivity contribution in [2.45, 2.75) is 19.1 Å². The van der Waals surface area contributed by atoms with E-state index in [1.54, 1.807) is 0 Å². The summed E-state index contributed by atoms with van der Waals surface area (Å²) in [6.45, 7) is 0.792. The van der Waals surface area contributed by atoms with Crippen molar-refractivity contribution in [3.8, 4) is 17.2 Å². The number of hydrogen-bond acceptors (Lipinski definition) is 3. The number of nitriles is 1. The van der Waals surface area contributed by atoms with Crippen molar-refractivity contribution in [3.63, 3.8) is 0 Å². The van der Waals surface area contributed by atoms with Crippen LogP contribution in [0.4, 0.5) is 13.2 Å². The monoisotopic (exact) mass is 463 g/mol. The molecule has 1 heterocycles. The molecule has 1 N–H and O–H groups in total. The Balaban J connectivity index is 0.000000406. The van der Waals surface area contributed by atoms with Crippen molar-refractivity contribution in [2.24, 2.45) is 0 Å². The van der Waals surface area contributed by atoms with Gasteiger partial charge in [-0.05, 0) is 34.4 Å². The number of imidazole rings is 1. The molecule has 5 nitrogen and oxygen atoms in total. The zero-order chi connectivity index (χ0) is 24.6. The number of aliphatic carboxylic acids is 1. The van der Waals surface area contributed by atoms with Gasteiger partial charge in [-0.25, -0.2) is 9.78 Å². The first-order valence-electron chi connectivity index (χ1n) is 10.2. The number of benzene rings is 3. The maximum absolute atomic E-state index is 10.6. The molecule has 0 saturated carbocycles. The van der Waals surface area contributed by atoms with E-state index in [0.717, 1.165) is 18.7 Å². The molecule has 4 aromatic rings. The van der Waals surface area contributed by atoms with Crippen LogP contribution >= 0.6 is 0 Å². The molecule has 0 unspecified atom stereocenters. The largest absolute Gasteiger partial charge is 0.490 e. The second kappa shape index (κ2) is 11.0. The Morgan fingerprint density at radius 3 is 2.03 bits per heavy atom. The van der Waals surface area contributed by atoms with E-state index < -0.39 is 12.1 Å². The number of halogens is 3. The first-order valence-corrected chi connectivity index (χ1v) is 10.2. The zero-order valence-electron chi connectivity index (χ0n) is 17.9. The number of hydrogen-bond donors (Lipinski definition) is 1. The van der Waals surface area contributed by atoms with Gasteiger partial charge in [0.25, 0.3) is 0 Å². The van der Waals surface area contributed by atoms with Gasteiger partial charge in [0, 0.05) is 24.9 Å². The summed E-state index contributed by atoms with van der Waals surface area (Å²) in [5, 5.41) is 16.0. The van der Waals surface area contributed by atoms with Gasteiger partial charge in [-0.15, -0.1) is 0 Å². The van der Waals surface area contributed by atoms with Crippen LogP contribution in [0.15, 0.2) is 91.4 Å². The number of rotatable bonds is 5. The van der Waals surface area contributed by atoms with E-state index in [1.165, 1.54) is 22.3 Å². The van der Waals surface area contributed by atoms with E-state index in [0.29, 0.717) is 5.56 Å². The lowest BCUT2D eigenvalue weighted by molar-refractivity contribution is -0.192. The summed E-state index contributed by atoms with van der Waals surface area (Å²) < 4.78 is 33.9. The molecule has 4 rings (SSSR count). The lowest BCUT2D eigenvalue weighted by atomic mass is 10.0. The maximum Gasteiger partial charge on any atom is 0.490 e. The molecule has 0 radical (unpaired) electrons. The van der Waals surface area contributed by atoms with Crippen molar-refractivity contribution in [3.05, 3.63) is 114 Å². The van der Waals surface area contributed by atoms with Gasteiger partial charge in [0.15, 0.2) is 0 Å². The zero-order valence-corrected chi connectivity index (χ0v) is 17.9. The molecule has 8 heteroatoms. The first kappa shape index (κ1) is 24.3. The van der Waals surface area contributed by atoms with Crippen LogP contribution in [0.5, 0.6) is 0 Å². The summed E-state index contributed by atoms with van der Waals surface area (Å²) in [5.74, 6) is -2.76. The topological polar surface area (TPSA) is 78.9 Å². The van der Waals surface area contributed by atoms with Crippen LogP contribution in [0.25, 0.3) is 11.1 Å². The van der Waals surface area contributed by atoms with E-state index in [-0.39, 0.29) is 0 Å². The highest BCUT2D eigenvalue weighted by Crippen LogP contribution is 2.20. The highest BCUT2D eigenvalue weighted by molar-refractivity contribution is 5.73. The van der Waals surface area contributed by atoms with Gasteiger partial charge in [0.05, 0.1) is 18.0 Å². The van der Waals surface area contributed by atoms with Crippen LogP contribution in [0, 0.1) is 11.3 Å². The molecule has 0 saturated heterocycles. The summed E-state index contributed by atoms with van der Waals surface area (Å²) in [5.41, 5.74) is 6.72. The normalized spacial score (nSPS) is 10.6. The second-order valence-electron chi connectivity index (χ2n) is 7.36. The molecule has 0 aliphatic heterocycles. The fourth-order valence-electron chi connectivity index (χ4n) is 3.17. The number of nitrogens with zero attached hydrogens (tertiary/aromatic N) is 3. The van der Waals surface area contributed by atoms with Crippen LogP contribution < -0.4 is 0 Å². The highest BCUT2D eigenvalue weighted by atomic mass is 19.4. The quantitative estimate of drug-likeness (QED) is 0.412. The van der Waals surface area contributed by atoms with Crippen LogP contribution in [0.3, 0.4) is 0 Å². The predicted octanol–water partition coefficient (Wildman–Crippen LogP) is 5.69. The number of carboxylic acids is 1. The SMILES string of the molecule is N#Cc1ccc(Cc2cncn2Cc2ccc(-c3ccccc3)cc2)cc1.O=C(O)C(F)(F)F. The summed E-state index contributed by atoms with van der Waals surface area (Å²) in [7, 11) is 0.